The standard InChI is InChI=1S/C19H18N4O3S/c1-13-10-16(14-6-3-2-4-7-14)22-19(21-13)27-12-17(24)23-18(25)20-11-15-8-5-9-26-15/h2-10H,11-12H2,1H3,(H2,20,23,24,25). The van der Waals surface area contributed by atoms with Crippen molar-refractivity contribution in [2.45, 2.75) is 18.6 Å². The van der Waals surface area contributed by atoms with Gasteiger partial charge in [-0.05, 0) is 25.1 Å². The molecule has 0 saturated carbocycles. The lowest BCUT2D eigenvalue weighted by atomic mass is 10.1. The number of hydrogen-bond acceptors (Lipinski definition) is 6. The van der Waals surface area contributed by atoms with E-state index in [-0.39, 0.29) is 12.3 Å². The van der Waals surface area contributed by atoms with Gasteiger partial charge in [0.1, 0.15) is 5.76 Å². The highest BCUT2D eigenvalue weighted by Gasteiger charge is 2.11. The molecule has 0 aliphatic carbocycles. The molecular formula is C19H18N4O3S. The van der Waals surface area contributed by atoms with Gasteiger partial charge in [-0.2, -0.15) is 0 Å². The molecule has 0 aliphatic rings. The van der Waals surface area contributed by atoms with Crippen molar-refractivity contribution in [3.63, 3.8) is 0 Å². The van der Waals surface area contributed by atoms with Gasteiger partial charge in [0.05, 0.1) is 24.3 Å². The minimum Gasteiger partial charge on any atom is -0.467 e. The van der Waals surface area contributed by atoms with Crippen LogP contribution >= 0.6 is 11.8 Å². The summed E-state index contributed by atoms with van der Waals surface area (Å²) in [6.07, 6.45) is 1.52. The number of nitrogens with one attached hydrogen (secondary N) is 2. The first-order chi connectivity index (χ1) is 13.1. The number of amides is 3. The van der Waals surface area contributed by atoms with Gasteiger partial charge in [0.2, 0.25) is 5.91 Å². The molecule has 0 radical (unpaired) electrons. The van der Waals surface area contributed by atoms with Crippen LogP contribution in [0.5, 0.6) is 0 Å². The number of carbonyl (C=O) groups is 2. The van der Waals surface area contributed by atoms with E-state index in [1.807, 2.05) is 43.3 Å². The Bertz CT molecular complexity index is 914. The first-order valence-electron chi connectivity index (χ1n) is 8.24. The Morgan fingerprint density at radius 3 is 2.67 bits per heavy atom. The largest absolute Gasteiger partial charge is 0.467 e. The van der Waals surface area contributed by atoms with E-state index in [1.54, 1.807) is 12.1 Å². The van der Waals surface area contributed by atoms with Gasteiger partial charge >= 0.3 is 6.03 Å². The third-order valence-electron chi connectivity index (χ3n) is 3.49. The molecule has 0 aliphatic heterocycles. The molecule has 2 aromatic heterocycles. The van der Waals surface area contributed by atoms with E-state index >= 15 is 0 Å². The summed E-state index contributed by atoms with van der Waals surface area (Å²) in [6.45, 7) is 2.08. The quantitative estimate of drug-likeness (QED) is 0.502. The van der Waals surface area contributed by atoms with Crippen LogP contribution in [0.25, 0.3) is 11.3 Å². The van der Waals surface area contributed by atoms with Gasteiger partial charge in [-0.25, -0.2) is 14.8 Å². The Labute approximate surface area is 160 Å². The van der Waals surface area contributed by atoms with Crippen molar-refractivity contribution in [1.82, 2.24) is 20.6 Å². The van der Waals surface area contributed by atoms with Crippen LogP contribution in [0.15, 0.2) is 64.4 Å². The molecule has 3 aromatic rings. The van der Waals surface area contributed by atoms with Gasteiger partial charge < -0.3 is 9.73 Å². The van der Waals surface area contributed by atoms with Crippen molar-refractivity contribution in [1.29, 1.82) is 0 Å². The van der Waals surface area contributed by atoms with Crippen molar-refractivity contribution in [2.75, 3.05) is 5.75 Å². The van der Waals surface area contributed by atoms with E-state index in [0.717, 1.165) is 17.0 Å². The zero-order chi connectivity index (χ0) is 19.1. The van der Waals surface area contributed by atoms with Crippen molar-refractivity contribution in [3.8, 4) is 11.3 Å². The summed E-state index contributed by atoms with van der Waals surface area (Å²) in [7, 11) is 0. The predicted octanol–water partition coefficient (Wildman–Crippen LogP) is 3.16. The molecule has 0 unspecified atom stereocenters. The number of furan rings is 1. The first-order valence-corrected chi connectivity index (χ1v) is 9.22. The SMILES string of the molecule is Cc1cc(-c2ccccc2)nc(SCC(=O)NC(=O)NCc2ccco2)n1. The number of hydrogen-bond donors (Lipinski definition) is 2. The van der Waals surface area contributed by atoms with Crippen molar-refractivity contribution in [3.05, 3.63) is 66.2 Å². The van der Waals surface area contributed by atoms with Gasteiger partial charge in [0.15, 0.2) is 5.16 Å². The van der Waals surface area contributed by atoms with Crippen molar-refractivity contribution >= 4 is 23.7 Å². The Hall–Kier alpha value is -3.13. The molecule has 2 N–H and O–H groups in total. The molecular weight excluding hydrogens is 364 g/mol. The van der Waals surface area contributed by atoms with Crippen molar-refractivity contribution in [2.24, 2.45) is 0 Å². The van der Waals surface area contributed by atoms with Crippen LogP contribution in [0.1, 0.15) is 11.5 Å². The number of aryl methyl sites for hydroxylation is 1. The fraction of sp³-hybridized carbons (Fsp3) is 0.158. The lowest BCUT2D eigenvalue weighted by Gasteiger charge is -2.07. The number of urea groups is 1. The molecule has 1 aromatic carbocycles. The maximum atomic E-state index is 12.0. The second-order valence-electron chi connectivity index (χ2n) is 5.64. The second kappa shape index (κ2) is 9.00. The lowest BCUT2D eigenvalue weighted by Crippen LogP contribution is -2.39. The molecule has 3 rings (SSSR count). The fourth-order valence-electron chi connectivity index (χ4n) is 2.28. The van der Waals surface area contributed by atoms with E-state index in [1.165, 1.54) is 18.0 Å². The van der Waals surface area contributed by atoms with Gasteiger partial charge in [0.25, 0.3) is 0 Å². The van der Waals surface area contributed by atoms with Crippen LogP contribution in [-0.2, 0) is 11.3 Å². The van der Waals surface area contributed by atoms with Crippen molar-refractivity contribution < 1.29 is 14.0 Å². The van der Waals surface area contributed by atoms with Crippen LogP contribution in [0, 0.1) is 6.92 Å². The van der Waals surface area contributed by atoms with Gasteiger partial charge in [-0.3, -0.25) is 10.1 Å². The minimum atomic E-state index is -0.577. The topological polar surface area (TPSA) is 97.1 Å². The Balaban J connectivity index is 1.52. The van der Waals surface area contributed by atoms with Crippen LogP contribution in [0.4, 0.5) is 4.79 Å². The van der Waals surface area contributed by atoms with E-state index in [2.05, 4.69) is 20.6 Å². The van der Waals surface area contributed by atoms with Crippen LogP contribution in [0.3, 0.4) is 0 Å². The van der Waals surface area contributed by atoms with Gasteiger partial charge in [-0.15, -0.1) is 0 Å². The summed E-state index contributed by atoms with van der Waals surface area (Å²) >= 11 is 1.18. The number of rotatable bonds is 6. The number of aromatic nitrogens is 2. The number of benzene rings is 1. The Kier molecular flexibility index (Phi) is 6.22. The summed E-state index contributed by atoms with van der Waals surface area (Å²) in [5, 5.41) is 5.30. The highest BCUT2D eigenvalue weighted by molar-refractivity contribution is 7.99. The van der Waals surface area contributed by atoms with E-state index in [9.17, 15) is 9.59 Å². The van der Waals surface area contributed by atoms with Crippen LogP contribution in [0.2, 0.25) is 0 Å². The Morgan fingerprint density at radius 2 is 1.93 bits per heavy atom. The zero-order valence-electron chi connectivity index (χ0n) is 14.6. The normalized spacial score (nSPS) is 10.4. The molecule has 3 amide bonds. The molecule has 0 bridgehead atoms. The molecule has 27 heavy (non-hydrogen) atoms. The summed E-state index contributed by atoms with van der Waals surface area (Å²) in [5.74, 6) is 0.211. The Morgan fingerprint density at radius 1 is 1.11 bits per heavy atom. The van der Waals surface area contributed by atoms with E-state index in [0.29, 0.717) is 10.9 Å². The van der Waals surface area contributed by atoms with Crippen LogP contribution < -0.4 is 10.6 Å². The minimum absolute atomic E-state index is 0.0336. The molecule has 2 heterocycles. The smallest absolute Gasteiger partial charge is 0.321 e. The second-order valence-corrected chi connectivity index (χ2v) is 6.58. The average molecular weight is 382 g/mol. The summed E-state index contributed by atoms with van der Waals surface area (Å²) in [4.78, 5) is 32.5. The fourth-order valence-corrected chi connectivity index (χ4v) is 2.98. The number of carbonyl (C=O) groups excluding carboxylic acids is 2. The van der Waals surface area contributed by atoms with E-state index < -0.39 is 11.9 Å². The molecule has 0 spiro atoms. The first kappa shape index (κ1) is 18.7. The lowest BCUT2D eigenvalue weighted by molar-refractivity contribution is -0.117. The predicted molar refractivity (Wildman–Crippen MR) is 102 cm³/mol. The number of imide groups is 1. The molecule has 0 saturated heterocycles. The zero-order valence-corrected chi connectivity index (χ0v) is 15.5. The molecule has 138 valence electrons. The summed E-state index contributed by atoms with van der Waals surface area (Å²) in [5.41, 5.74) is 2.58. The van der Waals surface area contributed by atoms with Gasteiger partial charge in [0, 0.05) is 11.3 Å². The monoisotopic (exact) mass is 382 g/mol. The molecule has 8 heteroatoms. The van der Waals surface area contributed by atoms with Crippen LogP contribution in [-0.4, -0.2) is 27.7 Å². The summed E-state index contributed by atoms with van der Waals surface area (Å²) in [6, 6.07) is 14.5. The molecule has 0 fully saturated rings. The third kappa shape index (κ3) is 5.68. The highest BCUT2D eigenvalue weighted by atomic mass is 32.2. The number of nitrogens with zero attached hydrogens (tertiary/aromatic N) is 2. The van der Waals surface area contributed by atoms with E-state index in [4.69, 9.17) is 4.42 Å². The van der Waals surface area contributed by atoms with Gasteiger partial charge in [-0.1, -0.05) is 42.1 Å². The third-order valence-corrected chi connectivity index (χ3v) is 4.34. The number of thioether (sulfide) groups is 1. The maximum Gasteiger partial charge on any atom is 0.321 e. The average Bonchev–Trinajstić information content (AvgIpc) is 3.19. The summed E-state index contributed by atoms with van der Waals surface area (Å²) < 4.78 is 5.10. The molecule has 0 atom stereocenters. The molecule has 7 nitrogen and oxygen atoms in total. The maximum absolute atomic E-state index is 12.0. The highest BCUT2D eigenvalue weighted by Crippen LogP contribution is 2.21.